The Morgan fingerprint density at radius 3 is 2.79 bits per heavy atom. The summed E-state index contributed by atoms with van der Waals surface area (Å²) in [4.78, 5) is 26.9. The van der Waals surface area contributed by atoms with Gasteiger partial charge in [-0.3, -0.25) is 9.69 Å². The Morgan fingerprint density at radius 1 is 1.47 bits per heavy atom. The van der Waals surface area contributed by atoms with Crippen molar-refractivity contribution >= 4 is 11.9 Å². The Balaban J connectivity index is 2.08. The number of hydrogen-bond acceptors (Lipinski definition) is 4. The van der Waals surface area contributed by atoms with Gasteiger partial charge in [0.05, 0.1) is 5.56 Å². The molecule has 2 heterocycles. The molecular formula is C13H18N2O4. The molecule has 0 saturated carbocycles. The minimum absolute atomic E-state index is 0.00418. The highest BCUT2D eigenvalue weighted by molar-refractivity contribution is 5.95. The highest BCUT2D eigenvalue weighted by Gasteiger charge is 2.28. The van der Waals surface area contributed by atoms with Crippen molar-refractivity contribution in [3.05, 3.63) is 23.7 Å². The third-order valence-corrected chi connectivity index (χ3v) is 3.59. The lowest BCUT2D eigenvalue weighted by atomic mass is 10.1. The number of carboxylic acids is 1. The van der Waals surface area contributed by atoms with Gasteiger partial charge in [-0.25, -0.2) is 4.79 Å². The fourth-order valence-corrected chi connectivity index (χ4v) is 2.29. The number of carbonyl (C=O) groups excluding carboxylic acids is 1. The number of likely N-dealkylation sites (N-methyl/N-ethyl adjacent to an activating group) is 1. The molecule has 0 aromatic carbocycles. The summed E-state index contributed by atoms with van der Waals surface area (Å²) >= 11 is 0. The molecule has 1 N–H and O–H groups in total. The van der Waals surface area contributed by atoms with Crippen LogP contribution in [0.5, 0.6) is 0 Å². The molecule has 1 aromatic rings. The Morgan fingerprint density at radius 2 is 2.21 bits per heavy atom. The van der Waals surface area contributed by atoms with Crippen molar-refractivity contribution in [2.75, 3.05) is 26.7 Å². The quantitative estimate of drug-likeness (QED) is 0.888. The molecule has 6 heteroatoms. The summed E-state index contributed by atoms with van der Waals surface area (Å²) in [6, 6.07) is 1.62. The normalized spacial score (nSPS) is 20.5. The minimum atomic E-state index is -1.09. The van der Waals surface area contributed by atoms with Gasteiger partial charge in [-0.1, -0.05) is 6.92 Å². The van der Waals surface area contributed by atoms with Gasteiger partial charge in [0, 0.05) is 31.7 Å². The van der Waals surface area contributed by atoms with Crippen LogP contribution < -0.4 is 0 Å². The van der Waals surface area contributed by atoms with Crippen LogP contribution in [-0.2, 0) is 0 Å². The maximum Gasteiger partial charge on any atom is 0.338 e. The van der Waals surface area contributed by atoms with E-state index < -0.39 is 5.97 Å². The molecule has 19 heavy (non-hydrogen) atoms. The van der Waals surface area contributed by atoms with E-state index in [9.17, 15) is 9.59 Å². The summed E-state index contributed by atoms with van der Waals surface area (Å²) in [5.74, 6) is -1.23. The number of piperazine rings is 1. The Labute approximate surface area is 111 Å². The third kappa shape index (κ3) is 2.78. The van der Waals surface area contributed by atoms with Crippen molar-refractivity contribution in [2.45, 2.75) is 19.4 Å². The number of furan rings is 1. The smallest absolute Gasteiger partial charge is 0.338 e. The van der Waals surface area contributed by atoms with Gasteiger partial charge in [0.1, 0.15) is 6.26 Å². The van der Waals surface area contributed by atoms with Crippen LogP contribution in [0.15, 0.2) is 16.7 Å². The Kier molecular flexibility index (Phi) is 3.90. The van der Waals surface area contributed by atoms with Gasteiger partial charge in [0.2, 0.25) is 0 Å². The highest BCUT2D eigenvalue weighted by atomic mass is 16.4. The molecule has 1 aliphatic heterocycles. The van der Waals surface area contributed by atoms with Gasteiger partial charge in [-0.05, 0) is 13.5 Å². The summed E-state index contributed by atoms with van der Waals surface area (Å²) in [5, 5.41) is 8.81. The maximum atomic E-state index is 12.2. The topological polar surface area (TPSA) is 74.0 Å². The summed E-state index contributed by atoms with van der Waals surface area (Å²) < 4.78 is 5.05. The van der Waals surface area contributed by atoms with E-state index in [0.29, 0.717) is 19.1 Å². The largest absolute Gasteiger partial charge is 0.478 e. The van der Waals surface area contributed by atoms with Gasteiger partial charge in [0.15, 0.2) is 5.76 Å². The van der Waals surface area contributed by atoms with E-state index >= 15 is 0 Å². The summed E-state index contributed by atoms with van der Waals surface area (Å²) in [6.45, 7) is 4.19. The second-order valence-corrected chi connectivity index (χ2v) is 4.80. The van der Waals surface area contributed by atoms with Crippen molar-refractivity contribution < 1.29 is 19.1 Å². The van der Waals surface area contributed by atoms with E-state index in [2.05, 4.69) is 11.8 Å². The number of aromatic carboxylic acids is 1. The standard InChI is InChI=1S/C13H18N2O4/c1-3-10-7-15(5-4-14(10)2)12(16)11-6-9(8-19-11)13(17)18/h6,8,10H,3-5,7H2,1-2H3,(H,17,18). The zero-order valence-corrected chi connectivity index (χ0v) is 11.1. The van der Waals surface area contributed by atoms with E-state index in [0.717, 1.165) is 19.2 Å². The summed E-state index contributed by atoms with van der Waals surface area (Å²) in [7, 11) is 2.05. The number of carboxylic acid groups (broad SMARTS) is 1. The van der Waals surface area contributed by atoms with Crippen molar-refractivity contribution in [1.82, 2.24) is 9.80 Å². The molecular weight excluding hydrogens is 248 g/mol. The average Bonchev–Trinajstić information content (AvgIpc) is 2.88. The van der Waals surface area contributed by atoms with Gasteiger partial charge in [-0.2, -0.15) is 0 Å². The van der Waals surface area contributed by atoms with Crippen LogP contribution in [-0.4, -0.2) is 59.5 Å². The molecule has 1 saturated heterocycles. The molecule has 0 spiro atoms. The lowest BCUT2D eigenvalue weighted by molar-refractivity contribution is 0.0513. The van der Waals surface area contributed by atoms with Crippen LogP contribution in [0.1, 0.15) is 34.3 Å². The molecule has 0 radical (unpaired) electrons. The average molecular weight is 266 g/mol. The minimum Gasteiger partial charge on any atom is -0.478 e. The first-order valence-corrected chi connectivity index (χ1v) is 6.34. The third-order valence-electron chi connectivity index (χ3n) is 3.59. The maximum absolute atomic E-state index is 12.2. The lowest BCUT2D eigenvalue weighted by Gasteiger charge is -2.38. The molecule has 1 unspecified atom stereocenters. The van der Waals surface area contributed by atoms with Gasteiger partial charge >= 0.3 is 5.97 Å². The molecule has 1 fully saturated rings. The highest BCUT2D eigenvalue weighted by Crippen LogP contribution is 2.16. The van der Waals surface area contributed by atoms with E-state index in [-0.39, 0.29) is 17.2 Å². The van der Waals surface area contributed by atoms with E-state index in [1.54, 1.807) is 4.90 Å². The number of carbonyl (C=O) groups is 2. The predicted molar refractivity (Wildman–Crippen MR) is 68.3 cm³/mol. The molecule has 1 aliphatic rings. The predicted octanol–water partition coefficient (Wildman–Crippen LogP) is 1.14. The second-order valence-electron chi connectivity index (χ2n) is 4.80. The molecule has 0 aliphatic carbocycles. The molecule has 6 nitrogen and oxygen atoms in total. The SMILES string of the molecule is CCC1CN(C(=O)c2cc(C(=O)O)co2)CCN1C. The zero-order chi connectivity index (χ0) is 14.0. The van der Waals surface area contributed by atoms with Crippen molar-refractivity contribution in [1.29, 1.82) is 0 Å². The van der Waals surface area contributed by atoms with Crippen LogP contribution in [0.4, 0.5) is 0 Å². The lowest BCUT2D eigenvalue weighted by Crippen LogP contribution is -2.52. The van der Waals surface area contributed by atoms with Crippen molar-refractivity contribution in [2.24, 2.45) is 0 Å². The van der Waals surface area contributed by atoms with Gasteiger partial charge in [0.25, 0.3) is 5.91 Å². The molecule has 0 bridgehead atoms. The van der Waals surface area contributed by atoms with Crippen molar-refractivity contribution in [3.8, 4) is 0 Å². The van der Waals surface area contributed by atoms with Crippen LogP contribution in [0.25, 0.3) is 0 Å². The second kappa shape index (κ2) is 5.44. The number of nitrogens with zero attached hydrogens (tertiary/aromatic N) is 2. The monoisotopic (exact) mass is 266 g/mol. The first kappa shape index (κ1) is 13.6. The molecule has 1 aromatic heterocycles. The molecule has 1 amide bonds. The Hall–Kier alpha value is -1.82. The number of hydrogen-bond donors (Lipinski definition) is 1. The van der Waals surface area contributed by atoms with Crippen LogP contribution in [0.3, 0.4) is 0 Å². The van der Waals surface area contributed by atoms with E-state index in [1.165, 1.54) is 6.07 Å². The summed E-state index contributed by atoms with van der Waals surface area (Å²) in [6.07, 6.45) is 2.07. The number of amides is 1. The number of rotatable bonds is 3. The first-order chi connectivity index (χ1) is 9.02. The molecule has 1 atom stereocenters. The Bertz CT molecular complexity index is 483. The summed E-state index contributed by atoms with van der Waals surface area (Å²) in [5.41, 5.74) is 0.00418. The van der Waals surface area contributed by atoms with Gasteiger partial charge in [-0.15, -0.1) is 0 Å². The van der Waals surface area contributed by atoms with E-state index in [1.807, 2.05) is 7.05 Å². The molecule has 104 valence electrons. The van der Waals surface area contributed by atoms with Gasteiger partial charge < -0.3 is 14.4 Å². The van der Waals surface area contributed by atoms with Crippen LogP contribution >= 0.6 is 0 Å². The van der Waals surface area contributed by atoms with Crippen LogP contribution in [0.2, 0.25) is 0 Å². The van der Waals surface area contributed by atoms with E-state index in [4.69, 9.17) is 9.52 Å². The fourth-order valence-electron chi connectivity index (χ4n) is 2.29. The van der Waals surface area contributed by atoms with Crippen molar-refractivity contribution in [3.63, 3.8) is 0 Å². The fraction of sp³-hybridized carbons (Fsp3) is 0.538. The van der Waals surface area contributed by atoms with Crippen LogP contribution in [0, 0.1) is 0 Å². The molecule has 2 rings (SSSR count). The first-order valence-electron chi connectivity index (χ1n) is 6.34. The zero-order valence-electron chi connectivity index (χ0n) is 11.1.